The topological polar surface area (TPSA) is 43.4 Å². The van der Waals surface area contributed by atoms with Crippen molar-refractivity contribution in [1.82, 2.24) is 0 Å². The van der Waals surface area contributed by atoms with Crippen molar-refractivity contribution in [2.24, 2.45) is 0 Å². The molecule has 0 atom stereocenters. The highest BCUT2D eigenvalue weighted by Gasteiger charge is 2.48. The van der Waals surface area contributed by atoms with E-state index in [1.807, 2.05) is 54.6 Å². The van der Waals surface area contributed by atoms with Crippen LogP contribution >= 0.6 is 0 Å². The van der Waals surface area contributed by atoms with Gasteiger partial charge in [0.25, 0.3) is 0 Å². The fraction of sp³-hybridized carbons (Fsp3) is 0.0323. The predicted molar refractivity (Wildman–Crippen MR) is 145 cm³/mol. The Kier molecular flexibility index (Phi) is 5.61. The Hall–Kier alpha value is -4.36. The Labute approximate surface area is 216 Å². The second-order valence-corrected chi connectivity index (χ2v) is 10.5. The standard InChI is InChI=1S/C31H19F3O3S/c32-31(33,34)38(35,36)37-24-17-16-21-18-23(15-14-22(21)19-24)30-27-12-6-4-10-25(27)29(20-8-2-1-3-9-20)26-11-5-7-13-28(26)30/h1-19H. The number of hydrogen-bond donors (Lipinski definition) is 0. The molecule has 0 radical (unpaired) electrons. The maximum absolute atomic E-state index is 12.8. The molecule has 6 aromatic carbocycles. The molecule has 0 unspecified atom stereocenters. The molecule has 0 aromatic heterocycles. The first kappa shape index (κ1) is 24.0. The predicted octanol–water partition coefficient (Wildman–Crippen LogP) is 8.71. The number of halogens is 3. The third-order valence-corrected chi connectivity index (χ3v) is 7.56. The highest BCUT2D eigenvalue weighted by atomic mass is 32.2. The molecular formula is C31H19F3O3S. The zero-order chi connectivity index (χ0) is 26.5. The quantitative estimate of drug-likeness (QED) is 0.131. The van der Waals surface area contributed by atoms with E-state index < -0.39 is 21.4 Å². The number of hydrogen-bond acceptors (Lipinski definition) is 3. The van der Waals surface area contributed by atoms with Crippen molar-refractivity contribution in [3.8, 4) is 28.0 Å². The van der Waals surface area contributed by atoms with Gasteiger partial charge in [-0.25, -0.2) is 0 Å². The molecule has 6 aromatic rings. The lowest BCUT2D eigenvalue weighted by molar-refractivity contribution is -0.0500. The smallest absolute Gasteiger partial charge is 0.376 e. The van der Waals surface area contributed by atoms with Crippen LogP contribution in [0.3, 0.4) is 0 Å². The molecule has 7 heteroatoms. The van der Waals surface area contributed by atoms with Gasteiger partial charge in [-0.3, -0.25) is 0 Å². The second-order valence-electron chi connectivity index (χ2n) is 8.91. The van der Waals surface area contributed by atoms with Crippen LogP contribution in [0.2, 0.25) is 0 Å². The van der Waals surface area contributed by atoms with E-state index in [2.05, 4.69) is 40.6 Å². The summed E-state index contributed by atoms with van der Waals surface area (Å²) in [7, 11) is -5.75. The highest BCUT2D eigenvalue weighted by Crippen LogP contribution is 2.44. The van der Waals surface area contributed by atoms with Crippen LogP contribution in [0.4, 0.5) is 13.2 Å². The molecule has 6 rings (SSSR count). The largest absolute Gasteiger partial charge is 0.534 e. The van der Waals surface area contributed by atoms with Crippen LogP contribution in [0, 0.1) is 0 Å². The van der Waals surface area contributed by atoms with Crippen molar-refractivity contribution in [3.63, 3.8) is 0 Å². The SMILES string of the molecule is O=S(=O)(Oc1ccc2cc(-c3c4ccccc4c(-c4ccccc4)c4ccccc34)ccc2c1)C(F)(F)F. The van der Waals surface area contributed by atoms with E-state index in [0.29, 0.717) is 5.39 Å². The molecule has 0 N–H and O–H groups in total. The first-order chi connectivity index (χ1) is 18.2. The molecule has 188 valence electrons. The molecule has 0 amide bonds. The summed E-state index contributed by atoms with van der Waals surface area (Å²) in [6.45, 7) is 0. The van der Waals surface area contributed by atoms with Crippen molar-refractivity contribution in [3.05, 3.63) is 115 Å². The minimum Gasteiger partial charge on any atom is -0.376 e. The van der Waals surface area contributed by atoms with Crippen LogP contribution in [-0.4, -0.2) is 13.9 Å². The maximum atomic E-state index is 12.8. The lowest BCUT2D eigenvalue weighted by atomic mass is 9.85. The minimum absolute atomic E-state index is 0.398. The number of rotatable bonds is 4. The van der Waals surface area contributed by atoms with Crippen LogP contribution in [0.15, 0.2) is 115 Å². The van der Waals surface area contributed by atoms with E-state index in [0.717, 1.165) is 49.2 Å². The monoisotopic (exact) mass is 528 g/mol. The summed E-state index contributed by atoms with van der Waals surface area (Å²) in [5, 5.41) is 5.64. The summed E-state index contributed by atoms with van der Waals surface area (Å²) in [6, 6.07) is 36.3. The molecule has 38 heavy (non-hydrogen) atoms. The first-order valence-corrected chi connectivity index (χ1v) is 13.2. The van der Waals surface area contributed by atoms with Gasteiger partial charge in [-0.15, -0.1) is 0 Å². The average molecular weight is 529 g/mol. The van der Waals surface area contributed by atoms with Gasteiger partial charge in [0.05, 0.1) is 0 Å². The molecule has 0 aliphatic carbocycles. The van der Waals surface area contributed by atoms with E-state index in [4.69, 9.17) is 0 Å². The molecule has 0 fully saturated rings. The molecule has 0 aliphatic heterocycles. The molecule has 3 nitrogen and oxygen atoms in total. The molecule has 0 saturated heterocycles. The molecule has 0 aliphatic rings. The summed E-state index contributed by atoms with van der Waals surface area (Å²) < 4.78 is 65.4. The van der Waals surface area contributed by atoms with Crippen molar-refractivity contribution in [2.45, 2.75) is 5.51 Å². The van der Waals surface area contributed by atoms with E-state index in [1.165, 1.54) is 12.1 Å². The number of benzene rings is 6. The Morgan fingerprint density at radius 3 is 1.55 bits per heavy atom. The van der Waals surface area contributed by atoms with Crippen LogP contribution in [0.25, 0.3) is 54.6 Å². The Balaban J connectivity index is 1.55. The van der Waals surface area contributed by atoms with Gasteiger partial charge in [0.2, 0.25) is 0 Å². The Bertz CT molecular complexity index is 1890. The van der Waals surface area contributed by atoms with E-state index >= 15 is 0 Å². The van der Waals surface area contributed by atoms with Crippen molar-refractivity contribution < 1.29 is 25.8 Å². The fourth-order valence-corrected chi connectivity index (χ4v) is 5.41. The van der Waals surface area contributed by atoms with Gasteiger partial charge in [-0.2, -0.15) is 21.6 Å². The molecule has 0 saturated carbocycles. The normalized spacial score (nSPS) is 12.3. The van der Waals surface area contributed by atoms with Gasteiger partial charge in [0.1, 0.15) is 5.75 Å². The highest BCUT2D eigenvalue weighted by molar-refractivity contribution is 7.88. The summed E-state index contributed by atoms with van der Waals surface area (Å²) in [6.07, 6.45) is 0. The van der Waals surface area contributed by atoms with Crippen LogP contribution in [-0.2, 0) is 10.1 Å². The molecule has 0 heterocycles. The van der Waals surface area contributed by atoms with Gasteiger partial charge in [0.15, 0.2) is 0 Å². The minimum atomic E-state index is -5.75. The Morgan fingerprint density at radius 1 is 0.526 bits per heavy atom. The van der Waals surface area contributed by atoms with Gasteiger partial charge >= 0.3 is 15.6 Å². The fourth-order valence-electron chi connectivity index (χ4n) is 4.96. The summed E-state index contributed by atoms with van der Waals surface area (Å²) >= 11 is 0. The van der Waals surface area contributed by atoms with Crippen molar-refractivity contribution >= 4 is 42.4 Å². The molecule has 0 bridgehead atoms. The van der Waals surface area contributed by atoms with Crippen molar-refractivity contribution in [2.75, 3.05) is 0 Å². The Morgan fingerprint density at radius 2 is 1.00 bits per heavy atom. The first-order valence-electron chi connectivity index (χ1n) is 11.8. The summed E-state index contributed by atoms with van der Waals surface area (Å²) in [4.78, 5) is 0. The van der Waals surface area contributed by atoms with E-state index in [1.54, 1.807) is 12.1 Å². The number of alkyl halides is 3. The summed E-state index contributed by atoms with van der Waals surface area (Å²) in [5.41, 5.74) is -1.26. The van der Waals surface area contributed by atoms with Crippen LogP contribution in [0.1, 0.15) is 0 Å². The van der Waals surface area contributed by atoms with Crippen molar-refractivity contribution in [1.29, 1.82) is 0 Å². The van der Waals surface area contributed by atoms with Gasteiger partial charge in [-0.05, 0) is 72.8 Å². The maximum Gasteiger partial charge on any atom is 0.534 e. The second kappa shape index (κ2) is 8.89. The van der Waals surface area contributed by atoms with E-state index in [-0.39, 0.29) is 0 Å². The van der Waals surface area contributed by atoms with Gasteiger partial charge < -0.3 is 4.18 Å². The van der Waals surface area contributed by atoms with Crippen LogP contribution < -0.4 is 4.18 Å². The third-order valence-electron chi connectivity index (χ3n) is 6.58. The zero-order valence-electron chi connectivity index (χ0n) is 19.7. The lowest BCUT2D eigenvalue weighted by Crippen LogP contribution is -2.28. The third kappa shape index (κ3) is 4.05. The van der Waals surface area contributed by atoms with Gasteiger partial charge in [-0.1, -0.05) is 97.1 Å². The van der Waals surface area contributed by atoms with Crippen LogP contribution in [0.5, 0.6) is 5.75 Å². The number of fused-ring (bicyclic) bond motifs is 3. The molecular weight excluding hydrogens is 509 g/mol. The van der Waals surface area contributed by atoms with Gasteiger partial charge in [0, 0.05) is 0 Å². The summed E-state index contributed by atoms with van der Waals surface area (Å²) in [5.74, 6) is -0.398. The average Bonchev–Trinajstić information content (AvgIpc) is 2.91. The van der Waals surface area contributed by atoms with E-state index in [9.17, 15) is 21.6 Å². The molecule has 0 spiro atoms. The zero-order valence-corrected chi connectivity index (χ0v) is 20.6. The lowest BCUT2D eigenvalue weighted by Gasteiger charge is -2.18.